The molecule has 0 aliphatic carbocycles. The summed E-state index contributed by atoms with van der Waals surface area (Å²) in [7, 11) is -1.38. The zero-order valence-corrected chi connectivity index (χ0v) is 13.3. The summed E-state index contributed by atoms with van der Waals surface area (Å²) < 4.78 is 28.8. The van der Waals surface area contributed by atoms with Crippen molar-refractivity contribution in [3.63, 3.8) is 0 Å². The molecule has 0 fully saturated rings. The van der Waals surface area contributed by atoms with Gasteiger partial charge in [0.25, 0.3) is 5.56 Å². The van der Waals surface area contributed by atoms with Crippen molar-refractivity contribution < 1.29 is 8.42 Å². The summed E-state index contributed by atoms with van der Waals surface area (Å²) in [6.45, 7) is 1.94. The molecule has 0 saturated heterocycles. The van der Waals surface area contributed by atoms with Crippen LogP contribution in [0.25, 0.3) is 0 Å². The minimum atomic E-state index is -4.01. The molecule has 1 N–H and O–H groups in total. The second kappa shape index (κ2) is 5.90. The van der Waals surface area contributed by atoms with Crippen LogP contribution in [0.2, 0.25) is 0 Å². The van der Waals surface area contributed by atoms with Crippen molar-refractivity contribution in [3.8, 4) is 0 Å². The third-order valence-corrected chi connectivity index (χ3v) is 4.80. The van der Waals surface area contributed by atoms with E-state index in [1.54, 1.807) is 6.07 Å². The predicted octanol–water partition coefficient (Wildman–Crippen LogP) is -0.129. The van der Waals surface area contributed by atoms with Crippen molar-refractivity contribution in [1.82, 2.24) is 13.9 Å². The number of benzene rings is 1. The van der Waals surface area contributed by atoms with Gasteiger partial charge in [-0.3, -0.25) is 9.36 Å². The average molecular weight is 323 g/mol. The average Bonchev–Trinajstić information content (AvgIpc) is 2.48. The van der Waals surface area contributed by atoms with Crippen LogP contribution >= 0.6 is 0 Å². The molecule has 118 valence electrons. The summed E-state index contributed by atoms with van der Waals surface area (Å²) in [5.41, 5.74) is 0.328. The van der Waals surface area contributed by atoms with E-state index < -0.39 is 26.2 Å². The van der Waals surface area contributed by atoms with Crippen LogP contribution in [0.1, 0.15) is 11.1 Å². The van der Waals surface area contributed by atoms with Crippen LogP contribution in [0.15, 0.2) is 44.9 Å². The molecule has 7 nitrogen and oxygen atoms in total. The molecule has 0 spiro atoms. The largest absolute Gasteiger partial charge is 0.330 e. The van der Waals surface area contributed by atoms with Crippen LogP contribution in [-0.2, 0) is 30.7 Å². The fourth-order valence-corrected chi connectivity index (χ4v) is 3.18. The Morgan fingerprint density at radius 3 is 2.41 bits per heavy atom. The number of nitrogens with zero attached hydrogens (tertiary/aromatic N) is 2. The minimum absolute atomic E-state index is 0.0704. The molecule has 0 radical (unpaired) electrons. The predicted molar refractivity (Wildman–Crippen MR) is 82.1 cm³/mol. The highest BCUT2D eigenvalue weighted by atomic mass is 32.2. The SMILES string of the molecule is Cc1ccccc1CNS(=O)(=O)c1cn(C)c(=O)n(C)c1=O. The third-order valence-electron chi connectivity index (χ3n) is 3.42. The Morgan fingerprint density at radius 2 is 1.77 bits per heavy atom. The van der Waals surface area contributed by atoms with Gasteiger partial charge in [-0.25, -0.2) is 17.9 Å². The molecule has 1 aromatic heterocycles. The van der Waals surface area contributed by atoms with E-state index in [0.29, 0.717) is 0 Å². The van der Waals surface area contributed by atoms with Gasteiger partial charge in [0.2, 0.25) is 10.0 Å². The van der Waals surface area contributed by atoms with E-state index in [9.17, 15) is 18.0 Å². The maximum Gasteiger partial charge on any atom is 0.330 e. The Balaban J connectivity index is 2.39. The first kappa shape index (κ1) is 16.2. The molecule has 0 bridgehead atoms. The zero-order chi connectivity index (χ0) is 16.5. The van der Waals surface area contributed by atoms with Crippen LogP contribution < -0.4 is 16.0 Å². The van der Waals surface area contributed by atoms with E-state index in [1.165, 1.54) is 14.1 Å². The van der Waals surface area contributed by atoms with E-state index in [4.69, 9.17) is 0 Å². The lowest BCUT2D eigenvalue weighted by Crippen LogP contribution is -2.41. The van der Waals surface area contributed by atoms with Gasteiger partial charge >= 0.3 is 5.69 Å². The highest BCUT2D eigenvalue weighted by molar-refractivity contribution is 7.89. The first-order chi connectivity index (χ1) is 10.2. The molecule has 0 amide bonds. The summed E-state index contributed by atoms with van der Waals surface area (Å²) in [6.07, 6.45) is 1.03. The Morgan fingerprint density at radius 1 is 1.14 bits per heavy atom. The molecular weight excluding hydrogens is 306 g/mol. The van der Waals surface area contributed by atoms with Gasteiger partial charge in [0.05, 0.1) is 0 Å². The van der Waals surface area contributed by atoms with E-state index in [1.807, 2.05) is 25.1 Å². The second-order valence-corrected chi connectivity index (χ2v) is 6.74. The zero-order valence-electron chi connectivity index (χ0n) is 12.5. The number of hydrogen-bond acceptors (Lipinski definition) is 4. The van der Waals surface area contributed by atoms with Crippen molar-refractivity contribution in [3.05, 3.63) is 62.4 Å². The topological polar surface area (TPSA) is 90.2 Å². The van der Waals surface area contributed by atoms with Gasteiger partial charge in [-0.05, 0) is 18.1 Å². The normalized spacial score (nSPS) is 11.6. The summed E-state index contributed by atoms with van der Waals surface area (Å²) in [5.74, 6) is 0. The van der Waals surface area contributed by atoms with Crippen LogP contribution in [0.4, 0.5) is 0 Å². The molecule has 2 aromatic rings. The number of aryl methyl sites for hydroxylation is 2. The van der Waals surface area contributed by atoms with Gasteiger partial charge < -0.3 is 4.57 Å². The van der Waals surface area contributed by atoms with Crippen LogP contribution in [0, 0.1) is 6.92 Å². The van der Waals surface area contributed by atoms with E-state index in [0.717, 1.165) is 26.5 Å². The van der Waals surface area contributed by atoms with Gasteiger partial charge in [-0.2, -0.15) is 0 Å². The van der Waals surface area contributed by atoms with Crippen LogP contribution in [0.5, 0.6) is 0 Å². The number of sulfonamides is 1. The standard InChI is InChI=1S/C14H17N3O4S/c1-10-6-4-5-7-11(10)8-15-22(20,21)12-9-16(2)14(19)17(3)13(12)18/h4-7,9,15H,8H2,1-3H3. The summed E-state index contributed by atoms with van der Waals surface area (Å²) >= 11 is 0. The first-order valence-corrected chi connectivity index (χ1v) is 8.03. The lowest BCUT2D eigenvalue weighted by Gasteiger charge is -2.10. The summed E-state index contributed by atoms with van der Waals surface area (Å²) in [4.78, 5) is 23.1. The van der Waals surface area contributed by atoms with E-state index >= 15 is 0 Å². The second-order valence-electron chi connectivity index (χ2n) is 5.00. The maximum absolute atomic E-state index is 12.3. The Bertz CT molecular complexity index is 926. The highest BCUT2D eigenvalue weighted by Crippen LogP contribution is 2.08. The van der Waals surface area contributed by atoms with Crippen molar-refractivity contribution in [2.75, 3.05) is 0 Å². The molecule has 1 heterocycles. The van der Waals surface area contributed by atoms with Crippen molar-refractivity contribution >= 4 is 10.0 Å². The van der Waals surface area contributed by atoms with Gasteiger partial charge in [0, 0.05) is 26.8 Å². The number of nitrogens with one attached hydrogen (secondary N) is 1. The minimum Gasteiger partial charge on any atom is -0.302 e. The smallest absolute Gasteiger partial charge is 0.302 e. The maximum atomic E-state index is 12.3. The van der Waals surface area contributed by atoms with E-state index in [-0.39, 0.29) is 6.54 Å². The fraction of sp³-hybridized carbons (Fsp3) is 0.286. The Hall–Kier alpha value is -2.19. The van der Waals surface area contributed by atoms with Gasteiger partial charge in [0.1, 0.15) is 0 Å². The molecule has 8 heteroatoms. The van der Waals surface area contributed by atoms with Crippen molar-refractivity contribution in [2.24, 2.45) is 14.1 Å². The molecule has 0 unspecified atom stereocenters. The number of hydrogen-bond donors (Lipinski definition) is 1. The Labute approximate surface area is 127 Å². The highest BCUT2D eigenvalue weighted by Gasteiger charge is 2.21. The van der Waals surface area contributed by atoms with Crippen molar-refractivity contribution in [2.45, 2.75) is 18.4 Å². The lowest BCUT2D eigenvalue weighted by atomic mass is 10.1. The fourth-order valence-electron chi connectivity index (χ4n) is 2.02. The van der Waals surface area contributed by atoms with Gasteiger partial charge in [0.15, 0.2) is 4.90 Å². The summed E-state index contributed by atoms with van der Waals surface area (Å²) in [5, 5.41) is 0. The Kier molecular flexibility index (Phi) is 4.34. The molecule has 0 aliphatic rings. The third kappa shape index (κ3) is 3.02. The molecule has 0 atom stereocenters. The van der Waals surface area contributed by atoms with Gasteiger partial charge in [-0.15, -0.1) is 0 Å². The monoisotopic (exact) mass is 323 g/mol. The molecular formula is C14H17N3O4S. The molecule has 0 saturated carbocycles. The molecule has 0 aliphatic heterocycles. The van der Waals surface area contributed by atoms with Gasteiger partial charge in [-0.1, -0.05) is 24.3 Å². The summed E-state index contributed by atoms with van der Waals surface area (Å²) in [6, 6.07) is 7.34. The number of aromatic nitrogens is 2. The molecule has 22 heavy (non-hydrogen) atoms. The lowest BCUT2D eigenvalue weighted by molar-refractivity contribution is 0.570. The quantitative estimate of drug-likeness (QED) is 0.849. The molecule has 2 rings (SSSR count). The number of rotatable bonds is 4. The molecule has 1 aromatic carbocycles. The van der Waals surface area contributed by atoms with Crippen LogP contribution in [-0.4, -0.2) is 17.6 Å². The van der Waals surface area contributed by atoms with Crippen LogP contribution in [0.3, 0.4) is 0 Å². The first-order valence-electron chi connectivity index (χ1n) is 6.55. The van der Waals surface area contributed by atoms with Crippen molar-refractivity contribution in [1.29, 1.82) is 0 Å². The van der Waals surface area contributed by atoms with E-state index in [2.05, 4.69) is 4.72 Å².